The van der Waals surface area contributed by atoms with E-state index in [4.69, 9.17) is 0 Å². The molecule has 2 amide bonds. The number of pyridine rings is 1. The molecule has 0 radical (unpaired) electrons. The highest BCUT2D eigenvalue weighted by molar-refractivity contribution is 7.92. The van der Waals surface area contributed by atoms with Crippen molar-refractivity contribution in [3.05, 3.63) is 89.7 Å². The van der Waals surface area contributed by atoms with Crippen molar-refractivity contribution in [3.8, 4) is 0 Å². The summed E-state index contributed by atoms with van der Waals surface area (Å²) in [4.78, 5) is 29.2. The van der Waals surface area contributed by atoms with Gasteiger partial charge in [-0.05, 0) is 49.2 Å². The summed E-state index contributed by atoms with van der Waals surface area (Å²) >= 11 is 0. The minimum absolute atomic E-state index is 0.101. The number of nitrogens with one attached hydrogen (secondary N) is 2. The van der Waals surface area contributed by atoms with Gasteiger partial charge >= 0.3 is 0 Å². The summed E-state index contributed by atoms with van der Waals surface area (Å²) < 4.78 is 25.8. The maximum Gasteiger partial charge on any atom is 0.253 e. The SMILES string of the molecule is Cc1ccc(N(CCCC(=O)Nc2ccccc2C(=O)NCc2cccnc2)S(C)(=O)=O)cc1. The molecule has 0 atom stereocenters. The van der Waals surface area contributed by atoms with Gasteiger partial charge in [-0.1, -0.05) is 35.9 Å². The molecular weight excluding hydrogens is 452 g/mol. The number of benzene rings is 2. The third-order valence-corrected chi connectivity index (χ3v) is 6.30. The lowest BCUT2D eigenvalue weighted by Crippen LogP contribution is -2.31. The Labute approximate surface area is 200 Å². The molecule has 2 N–H and O–H groups in total. The van der Waals surface area contributed by atoms with E-state index < -0.39 is 10.0 Å². The third kappa shape index (κ3) is 7.14. The predicted octanol–water partition coefficient (Wildman–Crippen LogP) is 3.50. The Bertz CT molecular complexity index is 1230. The Balaban J connectivity index is 1.58. The molecule has 0 bridgehead atoms. The Morgan fingerprint density at radius 2 is 1.74 bits per heavy atom. The molecule has 178 valence electrons. The molecule has 0 unspecified atom stereocenters. The summed E-state index contributed by atoms with van der Waals surface area (Å²) in [6, 6.07) is 17.6. The van der Waals surface area contributed by atoms with Crippen molar-refractivity contribution in [2.75, 3.05) is 22.4 Å². The van der Waals surface area contributed by atoms with E-state index in [0.717, 1.165) is 17.4 Å². The maximum absolute atomic E-state index is 12.7. The molecule has 34 heavy (non-hydrogen) atoms. The second-order valence-corrected chi connectivity index (χ2v) is 9.82. The largest absolute Gasteiger partial charge is 0.348 e. The zero-order valence-electron chi connectivity index (χ0n) is 19.2. The van der Waals surface area contributed by atoms with Gasteiger partial charge in [-0.15, -0.1) is 0 Å². The van der Waals surface area contributed by atoms with Crippen LogP contribution in [0.5, 0.6) is 0 Å². The molecule has 0 saturated heterocycles. The quantitative estimate of drug-likeness (QED) is 0.462. The summed E-state index contributed by atoms with van der Waals surface area (Å²) in [5.41, 5.74) is 3.19. The van der Waals surface area contributed by atoms with E-state index in [0.29, 0.717) is 29.9 Å². The van der Waals surface area contributed by atoms with Crippen LogP contribution >= 0.6 is 0 Å². The fraction of sp³-hybridized carbons (Fsp3) is 0.240. The van der Waals surface area contributed by atoms with Crippen LogP contribution < -0.4 is 14.9 Å². The lowest BCUT2D eigenvalue weighted by molar-refractivity contribution is -0.116. The van der Waals surface area contributed by atoms with Gasteiger partial charge in [0.15, 0.2) is 0 Å². The van der Waals surface area contributed by atoms with Crippen LogP contribution in [-0.4, -0.2) is 38.0 Å². The van der Waals surface area contributed by atoms with Gasteiger partial charge in [0.05, 0.1) is 23.2 Å². The predicted molar refractivity (Wildman–Crippen MR) is 133 cm³/mol. The second-order valence-electron chi connectivity index (χ2n) is 7.91. The van der Waals surface area contributed by atoms with Crippen LogP contribution in [0, 0.1) is 6.92 Å². The molecule has 8 nitrogen and oxygen atoms in total. The number of nitrogens with zero attached hydrogens (tertiary/aromatic N) is 2. The summed E-state index contributed by atoms with van der Waals surface area (Å²) in [5.74, 6) is -0.618. The van der Waals surface area contributed by atoms with Crippen LogP contribution in [0.2, 0.25) is 0 Å². The van der Waals surface area contributed by atoms with Crippen molar-refractivity contribution >= 4 is 33.2 Å². The number of rotatable bonds is 10. The molecule has 0 saturated carbocycles. The van der Waals surface area contributed by atoms with Gasteiger partial charge in [0.1, 0.15) is 0 Å². The summed E-state index contributed by atoms with van der Waals surface area (Å²) in [7, 11) is -3.49. The molecule has 1 heterocycles. The van der Waals surface area contributed by atoms with Crippen LogP contribution in [0.15, 0.2) is 73.1 Å². The first kappa shape index (κ1) is 24.9. The van der Waals surface area contributed by atoms with Gasteiger partial charge in [0.25, 0.3) is 5.91 Å². The minimum Gasteiger partial charge on any atom is -0.348 e. The molecule has 3 aromatic rings. The molecule has 2 aromatic carbocycles. The molecule has 1 aromatic heterocycles. The average molecular weight is 481 g/mol. The molecule has 0 fully saturated rings. The fourth-order valence-corrected chi connectivity index (χ4v) is 4.33. The Morgan fingerprint density at radius 3 is 2.41 bits per heavy atom. The first-order valence-corrected chi connectivity index (χ1v) is 12.7. The smallest absolute Gasteiger partial charge is 0.253 e. The van der Waals surface area contributed by atoms with Gasteiger partial charge in [-0.3, -0.25) is 18.9 Å². The Morgan fingerprint density at radius 1 is 1.00 bits per heavy atom. The number of sulfonamides is 1. The van der Waals surface area contributed by atoms with E-state index in [1.807, 2.05) is 25.1 Å². The number of para-hydroxylation sites is 1. The number of hydrogen-bond donors (Lipinski definition) is 2. The van der Waals surface area contributed by atoms with Crippen LogP contribution in [0.1, 0.15) is 34.3 Å². The van der Waals surface area contributed by atoms with E-state index in [1.165, 1.54) is 4.31 Å². The van der Waals surface area contributed by atoms with E-state index in [-0.39, 0.29) is 24.8 Å². The highest BCUT2D eigenvalue weighted by atomic mass is 32.2. The van der Waals surface area contributed by atoms with Crippen LogP contribution in [0.4, 0.5) is 11.4 Å². The van der Waals surface area contributed by atoms with E-state index in [1.54, 1.807) is 54.9 Å². The molecule has 9 heteroatoms. The lowest BCUT2D eigenvalue weighted by atomic mass is 10.1. The molecule has 0 aliphatic rings. The van der Waals surface area contributed by atoms with Crippen LogP contribution in [-0.2, 0) is 21.4 Å². The molecule has 0 aliphatic heterocycles. The van der Waals surface area contributed by atoms with Crippen molar-refractivity contribution in [3.63, 3.8) is 0 Å². The summed E-state index contributed by atoms with van der Waals surface area (Å²) in [6.45, 7) is 2.41. The standard InChI is InChI=1S/C25H28N4O4S/c1-19-11-13-21(14-12-19)29(34(2,32)33)16-6-10-24(30)28-23-9-4-3-8-22(23)25(31)27-18-20-7-5-15-26-17-20/h3-5,7-9,11-15,17H,6,10,16,18H2,1-2H3,(H,27,31)(H,28,30). The average Bonchev–Trinajstić information content (AvgIpc) is 2.81. The highest BCUT2D eigenvalue weighted by Gasteiger charge is 2.18. The van der Waals surface area contributed by atoms with Gasteiger partial charge in [-0.2, -0.15) is 0 Å². The van der Waals surface area contributed by atoms with E-state index >= 15 is 0 Å². The molecule has 0 aliphatic carbocycles. The van der Waals surface area contributed by atoms with Gasteiger partial charge in [-0.25, -0.2) is 8.42 Å². The number of aromatic nitrogens is 1. The maximum atomic E-state index is 12.7. The topological polar surface area (TPSA) is 108 Å². The monoisotopic (exact) mass is 480 g/mol. The highest BCUT2D eigenvalue weighted by Crippen LogP contribution is 2.20. The third-order valence-electron chi connectivity index (χ3n) is 5.11. The normalized spacial score (nSPS) is 11.0. The van der Waals surface area contributed by atoms with Crippen LogP contribution in [0.3, 0.4) is 0 Å². The van der Waals surface area contributed by atoms with Crippen molar-refractivity contribution in [2.24, 2.45) is 0 Å². The first-order valence-electron chi connectivity index (χ1n) is 10.8. The summed E-state index contributed by atoms with van der Waals surface area (Å²) in [5, 5.41) is 5.59. The number of anilines is 2. The second kappa shape index (κ2) is 11.4. The zero-order chi connectivity index (χ0) is 24.6. The molecule has 3 rings (SSSR count). The Hall–Kier alpha value is -3.72. The van der Waals surface area contributed by atoms with Crippen molar-refractivity contribution in [2.45, 2.75) is 26.3 Å². The zero-order valence-corrected chi connectivity index (χ0v) is 20.0. The van der Waals surface area contributed by atoms with Crippen molar-refractivity contribution in [1.82, 2.24) is 10.3 Å². The van der Waals surface area contributed by atoms with Gasteiger partial charge in [0, 0.05) is 31.9 Å². The van der Waals surface area contributed by atoms with Gasteiger partial charge in [0.2, 0.25) is 15.9 Å². The van der Waals surface area contributed by atoms with Crippen molar-refractivity contribution < 1.29 is 18.0 Å². The van der Waals surface area contributed by atoms with Gasteiger partial charge < -0.3 is 10.6 Å². The number of amides is 2. The molecule has 0 spiro atoms. The summed E-state index contributed by atoms with van der Waals surface area (Å²) in [6.07, 6.45) is 4.90. The van der Waals surface area contributed by atoms with E-state index in [9.17, 15) is 18.0 Å². The molecular formula is C25H28N4O4S. The number of aryl methyl sites for hydroxylation is 1. The first-order chi connectivity index (χ1) is 16.2. The Kier molecular flexibility index (Phi) is 8.37. The minimum atomic E-state index is -3.49. The fourth-order valence-electron chi connectivity index (χ4n) is 3.36. The lowest BCUT2D eigenvalue weighted by Gasteiger charge is -2.22. The van der Waals surface area contributed by atoms with Crippen molar-refractivity contribution in [1.29, 1.82) is 0 Å². The number of hydrogen-bond acceptors (Lipinski definition) is 5. The number of carbonyl (C=O) groups excluding carboxylic acids is 2. The van der Waals surface area contributed by atoms with E-state index in [2.05, 4.69) is 15.6 Å². The number of carbonyl (C=O) groups is 2. The van der Waals surface area contributed by atoms with Crippen LogP contribution in [0.25, 0.3) is 0 Å².